The van der Waals surface area contributed by atoms with E-state index >= 15 is 0 Å². The molecular weight excluding hydrogens is 398 g/mol. The Labute approximate surface area is 182 Å². The first-order chi connectivity index (χ1) is 14.0. The molecule has 0 saturated heterocycles. The first-order valence-corrected chi connectivity index (χ1v) is 13.1. The molecule has 1 aromatic carbocycles. The van der Waals surface area contributed by atoms with Crippen molar-refractivity contribution in [1.82, 2.24) is 5.32 Å². The van der Waals surface area contributed by atoms with Crippen LogP contribution in [0.25, 0.3) is 0 Å². The third-order valence-electron chi connectivity index (χ3n) is 5.66. The molecule has 0 aromatic heterocycles. The summed E-state index contributed by atoms with van der Waals surface area (Å²) >= 11 is 0. The normalized spacial score (nSPS) is 12.9. The lowest BCUT2D eigenvalue weighted by atomic mass is 10.1. The number of carbonyl (C=O) groups excluding carboxylic acids is 1. The maximum atomic E-state index is 11.9. The number of alkyl carbamates (subject to hydrolysis) is 1. The standard InChI is InChI=1S/C23H39NO5Si/c1-8-9-13-28-23(27)24-21(22(25)26)15-19-11-10-12-20(14-19)29-30(16(2)3,17(4)5)18(6)7/h10-12,14,16-18,21H,8-9,13,15H2,1-7H3,(H,24,27)(H,25,26). The third-order valence-corrected chi connectivity index (χ3v) is 11.7. The highest BCUT2D eigenvalue weighted by molar-refractivity contribution is 6.78. The Balaban J connectivity index is 2.98. The van der Waals surface area contributed by atoms with Crippen molar-refractivity contribution in [2.24, 2.45) is 0 Å². The van der Waals surface area contributed by atoms with Gasteiger partial charge >= 0.3 is 12.1 Å². The summed E-state index contributed by atoms with van der Waals surface area (Å²) in [5.74, 6) is -0.325. The van der Waals surface area contributed by atoms with E-state index in [2.05, 4.69) is 46.9 Å². The lowest BCUT2D eigenvalue weighted by molar-refractivity contribution is -0.139. The van der Waals surface area contributed by atoms with E-state index < -0.39 is 26.4 Å². The van der Waals surface area contributed by atoms with E-state index in [1.165, 1.54) is 0 Å². The first-order valence-electron chi connectivity index (χ1n) is 11.0. The molecule has 0 bridgehead atoms. The smallest absolute Gasteiger partial charge is 0.407 e. The molecule has 0 fully saturated rings. The van der Waals surface area contributed by atoms with E-state index in [9.17, 15) is 14.7 Å². The van der Waals surface area contributed by atoms with Gasteiger partial charge in [0.15, 0.2) is 0 Å². The summed E-state index contributed by atoms with van der Waals surface area (Å²) in [6.07, 6.45) is 1.11. The molecule has 0 aliphatic heterocycles. The summed E-state index contributed by atoms with van der Waals surface area (Å²) in [5, 5.41) is 12.0. The molecule has 2 N–H and O–H groups in total. The zero-order valence-electron chi connectivity index (χ0n) is 19.5. The second-order valence-corrected chi connectivity index (χ2v) is 14.2. The van der Waals surface area contributed by atoms with Crippen LogP contribution in [0.5, 0.6) is 5.75 Å². The van der Waals surface area contributed by atoms with Crippen LogP contribution in [0, 0.1) is 0 Å². The van der Waals surface area contributed by atoms with E-state index in [1.54, 1.807) is 0 Å². The first kappa shape index (κ1) is 26.0. The molecule has 0 spiro atoms. The van der Waals surface area contributed by atoms with Crippen molar-refractivity contribution in [3.63, 3.8) is 0 Å². The Morgan fingerprint density at radius 3 is 2.17 bits per heavy atom. The fourth-order valence-electron chi connectivity index (χ4n) is 4.22. The SMILES string of the molecule is CCCCOC(=O)NC(Cc1cccc(O[Si](C(C)C)(C(C)C)C(C)C)c1)C(=O)O. The zero-order chi connectivity index (χ0) is 22.9. The Morgan fingerprint density at radius 1 is 1.07 bits per heavy atom. The van der Waals surface area contributed by atoms with Crippen molar-refractivity contribution in [1.29, 1.82) is 0 Å². The summed E-state index contributed by atoms with van der Waals surface area (Å²) < 4.78 is 11.7. The zero-order valence-corrected chi connectivity index (χ0v) is 20.5. The Hall–Kier alpha value is -2.02. The highest BCUT2D eigenvalue weighted by Crippen LogP contribution is 2.42. The minimum atomic E-state index is -2.10. The Morgan fingerprint density at radius 2 is 1.67 bits per heavy atom. The van der Waals surface area contributed by atoms with E-state index in [-0.39, 0.29) is 13.0 Å². The molecule has 0 radical (unpaired) electrons. The van der Waals surface area contributed by atoms with Crippen molar-refractivity contribution in [2.45, 2.75) is 90.4 Å². The van der Waals surface area contributed by atoms with Gasteiger partial charge in [-0.15, -0.1) is 0 Å². The highest BCUT2D eigenvalue weighted by atomic mass is 28.4. The molecule has 1 unspecified atom stereocenters. The number of carboxylic acids is 1. The van der Waals surface area contributed by atoms with Crippen molar-refractivity contribution < 1.29 is 23.9 Å². The molecule has 6 nitrogen and oxygen atoms in total. The predicted molar refractivity (Wildman–Crippen MR) is 123 cm³/mol. The number of unbranched alkanes of at least 4 members (excludes halogenated alkanes) is 1. The van der Waals surface area contributed by atoms with Gasteiger partial charge < -0.3 is 19.6 Å². The number of ether oxygens (including phenoxy) is 1. The Kier molecular flexibility index (Phi) is 10.4. The molecule has 1 aromatic rings. The van der Waals surface area contributed by atoms with Gasteiger partial charge in [-0.05, 0) is 40.7 Å². The van der Waals surface area contributed by atoms with Gasteiger partial charge in [0.25, 0.3) is 8.32 Å². The van der Waals surface area contributed by atoms with Crippen LogP contribution in [0.1, 0.15) is 66.9 Å². The molecule has 1 rings (SSSR count). The molecule has 0 heterocycles. The van der Waals surface area contributed by atoms with Crippen LogP contribution in [0.15, 0.2) is 24.3 Å². The third kappa shape index (κ3) is 7.04. The van der Waals surface area contributed by atoms with Crippen LogP contribution in [-0.2, 0) is 16.0 Å². The van der Waals surface area contributed by atoms with Crippen molar-refractivity contribution in [3.05, 3.63) is 29.8 Å². The van der Waals surface area contributed by atoms with Crippen LogP contribution in [-0.4, -0.2) is 38.1 Å². The van der Waals surface area contributed by atoms with Crippen LogP contribution in [0.2, 0.25) is 16.6 Å². The van der Waals surface area contributed by atoms with Gasteiger partial charge in [0.05, 0.1) is 6.61 Å². The molecule has 1 amide bonds. The molecule has 0 saturated carbocycles. The number of amides is 1. The summed E-state index contributed by atoms with van der Waals surface area (Å²) in [6, 6.07) is 6.51. The van der Waals surface area contributed by atoms with Crippen molar-refractivity contribution in [2.75, 3.05) is 6.61 Å². The number of aliphatic carboxylic acids is 1. The predicted octanol–water partition coefficient (Wildman–Crippen LogP) is 5.76. The molecule has 7 heteroatoms. The van der Waals surface area contributed by atoms with E-state index in [0.29, 0.717) is 16.6 Å². The second kappa shape index (κ2) is 12.0. The number of hydrogen-bond donors (Lipinski definition) is 2. The lowest BCUT2D eigenvalue weighted by Crippen LogP contribution is -2.50. The number of benzene rings is 1. The van der Waals surface area contributed by atoms with Gasteiger partial charge in [-0.3, -0.25) is 0 Å². The summed E-state index contributed by atoms with van der Waals surface area (Å²) in [5.41, 5.74) is 2.11. The minimum Gasteiger partial charge on any atom is -0.543 e. The van der Waals surface area contributed by atoms with Crippen LogP contribution < -0.4 is 9.74 Å². The highest BCUT2D eigenvalue weighted by Gasteiger charge is 2.47. The van der Waals surface area contributed by atoms with E-state index in [4.69, 9.17) is 9.16 Å². The number of carboxylic acid groups (broad SMARTS) is 1. The van der Waals surface area contributed by atoms with Gasteiger partial charge in [-0.1, -0.05) is 67.0 Å². The number of carbonyl (C=O) groups is 2. The maximum Gasteiger partial charge on any atom is 0.407 e. The molecule has 170 valence electrons. The Bertz CT molecular complexity index is 668. The van der Waals surface area contributed by atoms with Gasteiger partial charge in [0.2, 0.25) is 0 Å². The van der Waals surface area contributed by atoms with Crippen LogP contribution in [0.3, 0.4) is 0 Å². The molecule has 0 aliphatic rings. The van der Waals surface area contributed by atoms with Gasteiger partial charge in [0, 0.05) is 6.42 Å². The second-order valence-electron chi connectivity index (χ2n) is 8.80. The van der Waals surface area contributed by atoms with Crippen molar-refractivity contribution in [3.8, 4) is 5.75 Å². The average Bonchev–Trinajstić information content (AvgIpc) is 2.65. The van der Waals surface area contributed by atoms with E-state index in [1.807, 2.05) is 31.2 Å². The van der Waals surface area contributed by atoms with Gasteiger partial charge in [-0.25, -0.2) is 9.59 Å². The fourth-order valence-corrected chi connectivity index (χ4v) is 9.46. The van der Waals surface area contributed by atoms with Crippen molar-refractivity contribution >= 4 is 20.4 Å². The van der Waals surface area contributed by atoms with Gasteiger partial charge in [-0.2, -0.15) is 0 Å². The number of hydrogen-bond acceptors (Lipinski definition) is 4. The molecule has 1 atom stereocenters. The van der Waals surface area contributed by atoms with Crippen LogP contribution in [0.4, 0.5) is 4.79 Å². The lowest BCUT2D eigenvalue weighted by Gasteiger charge is -2.42. The van der Waals surface area contributed by atoms with Crippen LogP contribution >= 0.6 is 0 Å². The minimum absolute atomic E-state index is 0.162. The van der Waals surface area contributed by atoms with E-state index in [0.717, 1.165) is 24.2 Å². The van der Waals surface area contributed by atoms with Gasteiger partial charge in [0.1, 0.15) is 11.8 Å². The average molecular weight is 438 g/mol. The number of nitrogens with one attached hydrogen (secondary N) is 1. The largest absolute Gasteiger partial charge is 0.543 e. The topological polar surface area (TPSA) is 84.9 Å². The summed E-state index contributed by atoms with van der Waals surface area (Å²) in [7, 11) is -2.10. The number of rotatable bonds is 12. The monoisotopic (exact) mass is 437 g/mol. The summed E-state index contributed by atoms with van der Waals surface area (Å²) in [4.78, 5) is 23.5. The molecular formula is C23H39NO5Si. The quantitative estimate of drug-likeness (QED) is 0.321. The summed E-state index contributed by atoms with van der Waals surface area (Å²) in [6.45, 7) is 15.6. The fraction of sp³-hybridized carbons (Fsp3) is 0.652. The molecule has 0 aliphatic carbocycles. The maximum absolute atomic E-state index is 11.9. The molecule has 30 heavy (non-hydrogen) atoms.